The van der Waals surface area contributed by atoms with Gasteiger partial charge in [0.1, 0.15) is 5.75 Å². The van der Waals surface area contributed by atoms with Crippen LogP contribution in [-0.4, -0.2) is 12.6 Å². The third-order valence-corrected chi connectivity index (χ3v) is 3.04. The smallest absolute Gasteiger partial charge is 0.119 e. The normalized spacial score (nSPS) is 15.1. The molecule has 1 unspecified atom stereocenters. The van der Waals surface area contributed by atoms with Gasteiger partial charge in [0.25, 0.3) is 0 Å². The molecule has 0 aliphatic heterocycles. The summed E-state index contributed by atoms with van der Waals surface area (Å²) in [6.07, 6.45) is 0.877. The average Bonchev–Trinajstić information content (AvgIpc) is 2.17. The Kier molecular flexibility index (Phi) is 3.75. The molecule has 0 aromatic heterocycles. The highest BCUT2D eigenvalue weighted by Gasteiger charge is 2.23. The van der Waals surface area contributed by atoms with Crippen molar-refractivity contribution in [3.05, 3.63) is 29.8 Å². The van der Waals surface area contributed by atoms with E-state index in [1.165, 1.54) is 5.56 Å². The first-order valence-electron chi connectivity index (χ1n) is 5.37. The molecule has 0 fully saturated rings. The summed E-state index contributed by atoms with van der Waals surface area (Å²) < 4.78 is 5.19. The molecular weight excluding hydrogens is 186 g/mol. The zero-order valence-electron chi connectivity index (χ0n) is 10.1. The van der Waals surface area contributed by atoms with Crippen LogP contribution in [0.1, 0.15) is 26.3 Å². The van der Waals surface area contributed by atoms with Crippen LogP contribution >= 0.6 is 0 Å². The molecule has 2 nitrogen and oxygen atoms in total. The largest absolute Gasteiger partial charge is 0.497 e. The quantitative estimate of drug-likeness (QED) is 0.823. The van der Waals surface area contributed by atoms with Crippen LogP contribution < -0.4 is 10.5 Å². The molecule has 2 N–H and O–H groups in total. The second-order valence-electron chi connectivity index (χ2n) is 4.69. The molecule has 1 rings (SSSR count). The third kappa shape index (κ3) is 3.24. The lowest BCUT2D eigenvalue weighted by atomic mass is 9.84. The van der Waals surface area contributed by atoms with Crippen LogP contribution in [0.2, 0.25) is 0 Å². The van der Waals surface area contributed by atoms with Crippen molar-refractivity contribution in [2.45, 2.75) is 32.7 Å². The van der Waals surface area contributed by atoms with E-state index in [-0.39, 0.29) is 5.54 Å². The monoisotopic (exact) mass is 207 g/mol. The van der Waals surface area contributed by atoms with E-state index < -0.39 is 0 Å². The van der Waals surface area contributed by atoms with Crippen LogP contribution in [0, 0.1) is 5.92 Å². The Balaban J connectivity index is 2.80. The van der Waals surface area contributed by atoms with Crippen molar-refractivity contribution in [2.24, 2.45) is 11.7 Å². The van der Waals surface area contributed by atoms with Crippen LogP contribution in [0.25, 0.3) is 0 Å². The van der Waals surface area contributed by atoms with Crippen LogP contribution in [0.15, 0.2) is 24.3 Å². The number of hydrogen-bond donors (Lipinski definition) is 1. The van der Waals surface area contributed by atoms with E-state index in [4.69, 9.17) is 10.5 Å². The minimum atomic E-state index is -0.160. The highest BCUT2D eigenvalue weighted by molar-refractivity contribution is 5.29. The van der Waals surface area contributed by atoms with Gasteiger partial charge in [-0.1, -0.05) is 26.0 Å². The van der Waals surface area contributed by atoms with Crippen molar-refractivity contribution in [1.29, 1.82) is 0 Å². The van der Waals surface area contributed by atoms with Gasteiger partial charge in [0.15, 0.2) is 0 Å². The second kappa shape index (κ2) is 4.67. The summed E-state index contributed by atoms with van der Waals surface area (Å²) in [6.45, 7) is 6.40. The first-order valence-corrected chi connectivity index (χ1v) is 5.37. The van der Waals surface area contributed by atoms with E-state index in [1.54, 1.807) is 7.11 Å². The summed E-state index contributed by atoms with van der Waals surface area (Å²) in [6, 6.07) is 8.10. The maximum Gasteiger partial charge on any atom is 0.119 e. The Bertz CT molecular complexity index is 318. The fourth-order valence-corrected chi connectivity index (χ4v) is 1.43. The van der Waals surface area contributed by atoms with Crippen LogP contribution in [0.5, 0.6) is 5.75 Å². The Morgan fingerprint density at radius 2 is 2.07 bits per heavy atom. The predicted octanol–water partition coefficient (Wildman–Crippen LogP) is 2.61. The van der Waals surface area contributed by atoms with Gasteiger partial charge in [-0.15, -0.1) is 0 Å². The molecule has 0 spiro atoms. The molecule has 84 valence electrons. The van der Waals surface area contributed by atoms with Crippen LogP contribution in [-0.2, 0) is 6.42 Å². The highest BCUT2D eigenvalue weighted by Crippen LogP contribution is 2.21. The van der Waals surface area contributed by atoms with Gasteiger partial charge in [-0.3, -0.25) is 0 Å². The highest BCUT2D eigenvalue weighted by atomic mass is 16.5. The van der Waals surface area contributed by atoms with Crippen LogP contribution in [0.3, 0.4) is 0 Å². The second-order valence-corrected chi connectivity index (χ2v) is 4.69. The molecule has 0 aliphatic rings. The van der Waals surface area contributed by atoms with Crippen molar-refractivity contribution in [3.8, 4) is 5.75 Å². The molecule has 0 saturated heterocycles. The van der Waals surface area contributed by atoms with Gasteiger partial charge in [0.2, 0.25) is 0 Å². The zero-order chi connectivity index (χ0) is 11.5. The summed E-state index contributed by atoms with van der Waals surface area (Å²) in [5.41, 5.74) is 7.31. The van der Waals surface area contributed by atoms with E-state index in [2.05, 4.69) is 26.8 Å². The molecular formula is C13H21NO. The SMILES string of the molecule is COc1cccc(CC(C)(N)C(C)C)c1. The van der Waals surface area contributed by atoms with Gasteiger partial charge in [0.05, 0.1) is 7.11 Å². The molecule has 2 heteroatoms. The van der Waals surface area contributed by atoms with Gasteiger partial charge in [-0.25, -0.2) is 0 Å². The molecule has 0 aliphatic carbocycles. The number of rotatable bonds is 4. The molecule has 1 atom stereocenters. The molecule has 15 heavy (non-hydrogen) atoms. The van der Waals surface area contributed by atoms with E-state index in [0.29, 0.717) is 5.92 Å². The Morgan fingerprint density at radius 3 is 2.60 bits per heavy atom. The van der Waals surface area contributed by atoms with Crippen molar-refractivity contribution in [3.63, 3.8) is 0 Å². The van der Waals surface area contributed by atoms with E-state index in [1.807, 2.05) is 18.2 Å². The lowest BCUT2D eigenvalue weighted by molar-refractivity contribution is 0.337. The minimum Gasteiger partial charge on any atom is -0.497 e. The van der Waals surface area contributed by atoms with Crippen molar-refractivity contribution in [2.75, 3.05) is 7.11 Å². The summed E-state index contributed by atoms with van der Waals surface area (Å²) in [5, 5.41) is 0. The van der Waals surface area contributed by atoms with Gasteiger partial charge >= 0.3 is 0 Å². The summed E-state index contributed by atoms with van der Waals surface area (Å²) in [7, 11) is 1.68. The number of benzene rings is 1. The van der Waals surface area contributed by atoms with Gasteiger partial charge in [-0.2, -0.15) is 0 Å². The summed E-state index contributed by atoms with van der Waals surface area (Å²) >= 11 is 0. The first kappa shape index (κ1) is 12.1. The van der Waals surface area contributed by atoms with Gasteiger partial charge < -0.3 is 10.5 Å². The fourth-order valence-electron chi connectivity index (χ4n) is 1.43. The van der Waals surface area contributed by atoms with Crippen molar-refractivity contribution >= 4 is 0 Å². The number of ether oxygens (including phenoxy) is 1. The number of nitrogens with two attached hydrogens (primary N) is 1. The molecule has 0 heterocycles. The third-order valence-electron chi connectivity index (χ3n) is 3.04. The molecule has 0 saturated carbocycles. The van der Waals surface area contributed by atoms with Gasteiger partial charge in [-0.05, 0) is 37.0 Å². The Labute approximate surface area is 92.4 Å². The lowest BCUT2D eigenvalue weighted by Crippen LogP contribution is -2.43. The van der Waals surface area contributed by atoms with Crippen LogP contribution in [0.4, 0.5) is 0 Å². The Morgan fingerprint density at radius 1 is 1.40 bits per heavy atom. The topological polar surface area (TPSA) is 35.2 Å². The van der Waals surface area contributed by atoms with Crippen molar-refractivity contribution in [1.82, 2.24) is 0 Å². The predicted molar refractivity (Wildman–Crippen MR) is 64.1 cm³/mol. The van der Waals surface area contributed by atoms with E-state index in [0.717, 1.165) is 12.2 Å². The number of hydrogen-bond acceptors (Lipinski definition) is 2. The Hall–Kier alpha value is -1.02. The standard InChI is InChI=1S/C13H21NO/c1-10(2)13(3,14)9-11-6-5-7-12(8-11)15-4/h5-8,10H,9,14H2,1-4H3. The summed E-state index contributed by atoms with van der Waals surface area (Å²) in [4.78, 5) is 0. The molecule has 0 radical (unpaired) electrons. The molecule has 0 amide bonds. The minimum absolute atomic E-state index is 0.160. The molecule has 0 bridgehead atoms. The van der Waals surface area contributed by atoms with Gasteiger partial charge in [0, 0.05) is 5.54 Å². The van der Waals surface area contributed by atoms with E-state index in [9.17, 15) is 0 Å². The zero-order valence-corrected chi connectivity index (χ0v) is 10.1. The average molecular weight is 207 g/mol. The first-order chi connectivity index (χ1) is 6.95. The fraction of sp³-hybridized carbons (Fsp3) is 0.538. The summed E-state index contributed by atoms with van der Waals surface area (Å²) in [5.74, 6) is 1.36. The number of methoxy groups -OCH3 is 1. The lowest BCUT2D eigenvalue weighted by Gasteiger charge is -2.29. The molecule has 1 aromatic rings. The van der Waals surface area contributed by atoms with E-state index >= 15 is 0 Å². The maximum absolute atomic E-state index is 6.24. The maximum atomic E-state index is 6.24. The van der Waals surface area contributed by atoms with Crippen molar-refractivity contribution < 1.29 is 4.74 Å². The molecule has 1 aromatic carbocycles.